The summed E-state index contributed by atoms with van der Waals surface area (Å²) in [5.74, 6) is 1.02. The quantitative estimate of drug-likeness (QED) is 0.768. The predicted molar refractivity (Wildman–Crippen MR) is 70.8 cm³/mol. The van der Waals surface area contributed by atoms with E-state index in [0.29, 0.717) is 6.04 Å². The standard InChI is InChI=1S/C14H25N3/c1-12(14-10-16-17(2)11-14)15-9-5-8-13-6-3-4-7-13/h10-13,15H,3-9H2,1-2H3. The van der Waals surface area contributed by atoms with Gasteiger partial charge in [-0.15, -0.1) is 0 Å². The molecule has 3 heteroatoms. The second-order valence-corrected chi connectivity index (χ2v) is 5.42. The minimum atomic E-state index is 0.423. The highest BCUT2D eigenvalue weighted by Gasteiger charge is 2.14. The van der Waals surface area contributed by atoms with Crippen LogP contribution in [-0.4, -0.2) is 16.3 Å². The van der Waals surface area contributed by atoms with E-state index in [1.165, 1.54) is 44.1 Å². The first-order valence-electron chi connectivity index (χ1n) is 6.97. The van der Waals surface area contributed by atoms with Gasteiger partial charge >= 0.3 is 0 Å². The lowest BCUT2D eigenvalue weighted by Crippen LogP contribution is -2.20. The highest BCUT2D eigenvalue weighted by atomic mass is 15.2. The Morgan fingerprint density at radius 2 is 2.24 bits per heavy atom. The molecule has 3 nitrogen and oxygen atoms in total. The largest absolute Gasteiger partial charge is 0.310 e. The number of rotatable bonds is 6. The van der Waals surface area contributed by atoms with Crippen molar-refractivity contribution in [2.24, 2.45) is 13.0 Å². The smallest absolute Gasteiger partial charge is 0.0537 e. The molecule has 1 aliphatic carbocycles. The maximum Gasteiger partial charge on any atom is 0.0537 e. The van der Waals surface area contributed by atoms with E-state index in [4.69, 9.17) is 0 Å². The second-order valence-electron chi connectivity index (χ2n) is 5.42. The topological polar surface area (TPSA) is 29.9 Å². The van der Waals surface area contributed by atoms with Crippen LogP contribution < -0.4 is 5.32 Å². The van der Waals surface area contributed by atoms with E-state index in [-0.39, 0.29) is 0 Å². The zero-order valence-corrected chi connectivity index (χ0v) is 11.2. The van der Waals surface area contributed by atoms with E-state index in [2.05, 4.69) is 23.5 Å². The molecule has 96 valence electrons. The number of hydrogen-bond acceptors (Lipinski definition) is 2. The van der Waals surface area contributed by atoms with Crippen LogP contribution in [-0.2, 0) is 7.05 Å². The van der Waals surface area contributed by atoms with Gasteiger partial charge in [-0.25, -0.2) is 0 Å². The molecule has 1 unspecified atom stereocenters. The molecular weight excluding hydrogens is 210 g/mol. The maximum atomic E-state index is 4.21. The van der Waals surface area contributed by atoms with Gasteiger partial charge in [0.1, 0.15) is 0 Å². The number of nitrogens with zero attached hydrogens (tertiary/aromatic N) is 2. The van der Waals surface area contributed by atoms with Crippen molar-refractivity contribution < 1.29 is 0 Å². The van der Waals surface area contributed by atoms with Crippen LogP contribution in [0.2, 0.25) is 0 Å². The lowest BCUT2D eigenvalue weighted by atomic mass is 10.0. The van der Waals surface area contributed by atoms with Gasteiger partial charge in [0, 0.05) is 24.8 Å². The summed E-state index contributed by atoms with van der Waals surface area (Å²) in [6, 6.07) is 0.423. The second kappa shape index (κ2) is 6.20. The third-order valence-electron chi connectivity index (χ3n) is 3.94. The molecule has 0 bridgehead atoms. The molecule has 1 heterocycles. The average molecular weight is 235 g/mol. The number of hydrogen-bond donors (Lipinski definition) is 1. The van der Waals surface area contributed by atoms with Gasteiger partial charge in [-0.2, -0.15) is 5.10 Å². The Kier molecular flexibility index (Phi) is 4.60. The Hall–Kier alpha value is -0.830. The Balaban J connectivity index is 1.61. The molecule has 0 spiro atoms. The molecule has 0 aliphatic heterocycles. The fourth-order valence-electron chi connectivity index (χ4n) is 2.79. The lowest BCUT2D eigenvalue weighted by molar-refractivity contribution is 0.456. The molecule has 0 radical (unpaired) electrons. The van der Waals surface area contributed by atoms with Crippen molar-refractivity contribution in [3.63, 3.8) is 0 Å². The molecule has 0 saturated heterocycles. The Morgan fingerprint density at radius 1 is 1.47 bits per heavy atom. The van der Waals surface area contributed by atoms with Crippen molar-refractivity contribution in [3.05, 3.63) is 18.0 Å². The summed E-state index contributed by atoms with van der Waals surface area (Å²) in [7, 11) is 1.97. The molecule has 0 amide bonds. The molecule has 1 N–H and O–H groups in total. The van der Waals surface area contributed by atoms with Gasteiger partial charge in [0.15, 0.2) is 0 Å². The van der Waals surface area contributed by atoms with Crippen molar-refractivity contribution >= 4 is 0 Å². The molecule has 1 aliphatic rings. The number of aryl methyl sites for hydroxylation is 1. The SMILES string of the molecule is CC(NCCCC1CCCC1)c1cnn(C)c1. The third-order valence-corrected chi connectivity index (χ3v) is 3.94. The van der Waals surface area contributed by atoms with Gasteiger partial charge in [0.05, 0.1) is 6.20 Å². The number of aromatic nitrogens is 2. The van der Waals surface area contributed by atoms with Crippen molar-refractivity contribution in [2.75, 3.05) is 6.54 Å². The minimum Gasteiger partial charge on any atom is -0.310 e. The zero-order chi connectivity index (χ0) is 12.1. The van der Waals surface area contributed by atoms with E-state index in [1.807, 2.05) is 17.9 Å². The highest BCUT2D eigenvalue weighted by molar-refractivity contribution is 5.08. The molecule has 0 aromatic carbocycles. The average Bonchev–Trinajstić information content (AvgIpc) is 2.95. The molecule has 1 aromatic heterocycles. The van der Waals surface area contributed by atoms with Crippen molar-refractivity contribution in [1.29, 1.82) is 0 Å². The van der Waals surface area contributed by atoms with Crippen LogP contribution in [0.5, 0.6) is 0 Å². The summed E-state index contributed by atoms with van der Waals surface area (Å²) in [6.45, 7) is 3.35. The van der Waals surface area contributed by atoms with Gasteiger partial charge in [0.25, 0.3) is 0 Å². The van der Waals surface area contributed by atoms with Crippen LogP contribution in [0.3, 0.4) is 0 Å². The maximum absolute atomic E-state index is 4.21. The fraction of sp³-hybridized carbons (Fsp3) is 0.786. The van der Waals surface area contributed by atoms with E-state index >= 15 is 0 Å². The zero-order valence-electron chi connectivity index (χ0n) is 11.2. The summed E-state index contributed by atoms with van der Waals surface area (Å²) in [4.78, 5) is 0. The molecule has 1 fully saturated rings. The van der Waals surface area contributed by atoms with Gasteiger partial charge in [-0.3, -0.25) is 4.68 Å². The van der Waals surface area contributed by atoms with Gasteiger partial charge in [0.2, 0.25) is 0 Å². The fourth-order valence-corrected chi connectivity index (χ4v) is 2.79. The van der Waals surface area contributed by atoms with Gasteiger partial charge < -0.3 is 5.32 Å². The molecule has 1 saturated carbocycles. The first-order valence-corrected chi connectivity index (χ1v) is 6.97. The van der Waals surface area contributed by atoms with E-state index in [1.54, 1.807) is 0 Å². The Bertz CT molecular complexity index is 326. The Morgan fingerprint density at radius 3 is 2.88 bits per heavy atom. The van der Waals surface area contributed by atoms with Gasteiger partial charge in [-0.1, -0.05) is 25.7 Å². The highest BCUT2D eigenvalue weighted by Crippen LogP contribution is 2.28. The predicted octanol–water partition coefficient (Wildman–Crippen LogP) is 3.04. The molecular formula is C14H25N3. The lowest BCUT2D eigenvalue weighted by Gasteiger charge is -2.13. The summed E-state index contributed by atoms with van der Waals surface area (Å²) >= 11 is 0. The van der Waals surface area contributed by atoms with Crippen LogP contribution in [0.4, 0.5) is 0 Å². The van der Waals surface area contributed by atoms with Crippen LogP contribution >= 0.6 is 0 Å². The summed E-state index contributed by atoms with van der Waals surface area (Å²) in [5, 5.41) is 7.79. The third kappa shape index (κ3) is 3.84. The molecule has 1 atom stereocenters. The van der Waals surface area contributed by atoms with Gasteiger partial charge in [-0.05, 0) is 32.2 Å². The van der Waals surface area contributed by atoms with E-state index < -0.39 is 0 Å². The van der Waals surface area contributed by atoms with Crippen LogP contribution in [0.25, 0.3) is 0 Å². The monoisotopic (exact) mass is 235 g/mol. The molecule has 17 heavy (non-hydrogen) atoms. The number of nitrogens with one attached hydrogen (secondary N) is 1. The summed E-state index contributed by atoms with van der Waals surface area (Å²) in [5.41, 5.74) is 1.29. The molecule has 2 rings (SSSR count). The van der Waals surface area contributed by atoms with E-state index in [9.17, 15) is 0 Å². The van der Waals surface area contributed by atoms with Crippen molar-refractivity contribution in [2.45, 2.75) is 51.5 Å². The van der Waals surface area contributed by atoms with Crippen LogP contribution in [0.1, 0.15) is 57.1 Å². The summed E-state index contributed by atoms with van der Waals surface area (Å²) in [6.07, 6.45) is 12.6. The van der Waals surface area contributed by atoms with Crippen LogP contribution in [0, 0.1) is 5.92 Å². The minimum absolute atomic E-state index is 0.423. The normalized spacial score (nSPS) is 18.7. The van der Waals surface area contributed by atoms with Crippen molar-refractivity contribution in [3.8, 4) is 0 Å². The first kappa shape index (κ1) is 12.6. The Labute approximate surface area is 105 Å². The first-order chi connectivity index (χ1) is 8.25. The van der Waals surface area contributed by atoms with Crippen LogP contribution in [0.15, 0.2) is 12.4 Å². The van der Waals surface area contributed by atoms with E-state index in [0.717, 1.165) is 12.5 Å². The molecule has 1 aromatic rings. The van der Waals surface area contributed by atoms with Crippen molar-refractivity contribution in [1.82, 2.24) is 15.1 Å². The summed E-state index contributed by atoms with van der Waals surface area (Å²) < 4.78 is 1.87.